The number of rotatable bonds is 7. The van der Waals surface area contributed by atoms with Gasteiger partial charge in [0.25, 0.3) is 0 Å². The number of amides is 3. The highest BCUT2D eigenvalue weighted by atomic mass is 32.1. The zero-order valence-electron chi connectivity index (χ0n) is 26.7. The van der Waals surface area contributed by atoms with Gasteiger partial charge in [0.05, 0.1) is 34.3 Å². The molecule has 12 heteroatoms. The number of anilines is 3. The van der Waals surface area contributed by atoms with Gasteiger partial charge in [0.15, 0.2) is 5.13 Å². The fraction of sp³-hybridized carbons (Fsp3) is 0.294. The van der Waals surface area contributed by atoms with Crippen LogP contribution in [0, 0.1) is 20.8 Å². The van der Waals surface area contributed by atoms with Crippen LogP contribution in [-0.4, -0.2) is 43.2 Å². The Labute approximate surface area is 271 Å². The van der Waals surface area contributed by atoms with Crippen LogP contribution in [0.3, 0.4) is 0 Å². The van der Waals surface area contributed by atoms with Gasteiger partial charge in [0.2, 0.25) is 5.91 Å². The molecule has 1 fully saturated rings. The molecule has 3 amide bonds. The Bertz CT molecular complexity index is 1880. The summed E-state index contributed by atoms with van der Waals surface area (Å²) in [5.41, 5.74) is 6.25. The van der Waals surface area contributed by atoms with E-state index in [2.05, 4.69) is 65.4 Å². The van der Waals surface area contributed by atoms with Crippen LogP contribution in [0.4, 0.5) is 21.4 Å². The van der Waals surface area contributed by atoms with E-state index in [1.165, 1.54) is 29.3 Å². The monoisotopic (exact) mass is 636 g/mol. The molecule has 0 saturated carbocycles. The van der Waals surface area contributed by atoms with Crippen molar-refractivity contribution in [2.45, 2.75) is 59.8 Å². The summed E-state index contributed by atoms with van der Waals surface area (Å²) < 4.78 is 7.63. The third-order valence-corrected chi connectivity index (χ3v) is 8.67. The van der Waals surface area contributed by atoms with Crippen molar-refractivity contribution in [1.82, 2.24) is 24.7 Å². The molecular weight excluding hydrogens is 600 g/mol. The smallest absolute Gasteiger partial charge is 0.324 e. The minimum atomic E-state index is -0.447. The highest BCUT2D eigenvalue weighted by molar-refractivity contribution is 7.19. The van der Waals surface area contributed by atoms with E-state index >= 15 is 0 Å². The third-order valence-electron chi connectivity index (χ3n) is 7.60. The van der Waals surface area contributed by atoms with E-state index in [1.807, 2.05) is 44.2 Å². The molecule has 1 aliphatic heterocycles. The zero-order valence-corrected chi connectivity index (χ0v) is 27.5. The summed E-state index contributed by atoms with van der Waals surface area (Å²) in [7, 11) is 0. The molecule has 0 atom stereocenters. The molecule has 11 nitrogen and oxygen atoms in total. The van der Waals surface area contributed by atoms with Gasteiger partial charge in [-0.2, -0.15) is 5.10 Å². The fourth-order valence-corrected chi connectivity index (χ4v) is 6.36. The van der Waals surface area contributed by atoms with Crippen molar-refractivity contribution < 1.29 is 14.3 Å². The number of ether oxygens (including phenoxy) is 1. The Hall–Kier alpha value is -5.10. The second-order valence-electron chi connectivity index (χ2n) is 12.4. The van der Waals surface area contributed by atoms with E-state index in [0.29, 0.717) is 23.7 Å². The number of hydrogen-bond donors (Lipinski definition) is 2. The Morgan fingerprint density at radius 3 is 2.26 bits per heavy atom. The maximum Gasteiger partial charge on any atom is 0.324 e. The predicted octanol–water partition coefficient (Wildman–Crippen LogP) is 7.57. The van der Waals surface area contributed by atoms with Crippen molar-refractivity contribution in [3.05, 3.63) is 83.4 Å². The molecular formula is C34H36N8O3S. The van der Waals surface area contributed by atoms with Crippen molar-refractivity contribution >= 4 is 39.9 Å². The molecule has 236 valence electrons. The highest BCUT2D eigenvalue weighted by Gasteiger charge is 2.25. The molecule has 46 heavy (non-hydrogen) atoms. The molecule has 0 unspecified atom stereocenters. The average Bonchev–Trinajstić information content (AvgIpc) is 3.74. The van der Waals surface area contributed by atoms with Crippen LogP contribution in [-0.2, 0) is 10.2 Å². The first-order valence-corrected chi connectivity index (χ1v) is 15.9. The fourth-order valence-electron chi connectivity index (χ4n) is 5.39. The van der Waals surface area contributed by atoms with Crippen LogP contribution in [0.2, 0.25) is 0 Å². The number of benzene rings is 2. The van der Waals surface area contributed by atoms with Gasteiger partial charge in [-0.25, -0.2) is 24.4 Å². The van der Waals surface area contributed by atoms with Crippen LogP contribution in [0.15, 0.2) is 61.1 Å². The van der Waals surface area contributed by atoms with Gasteiger partial charge in [-0.05, 0) is 68.1 Å². The number of thiazole rings is 1. The zero-order chi connectivity index (χ0) is 32.6. The van der Waals surface area contributed by atoms with Crippen LogP contribution < -0.4 is 20.3 Å². The number of carbonyl (C=O) groups excluding carboxylic acids is 2. The summed E-state index contributed by atoms with van der Waals surface area (Å²) in [6.07, 6.45) is 6.20. The largest absolute Gasteiger partial charge is 0.424 e. The molecule has 0 spiro atoms. The second-order valence-corrected chi connectivity index (χ2v) is 13.4. The van der Waals surface area contributed by atoms with Crippen molar-refractivity contribution in [3.63, 3.8) is 0 Å². The highest BCUT2D eigenvalue weighted by Crippen LogP contribution is 2.34. The molecule has 1 saturated heterocycles. The standard InChI is InChI=1S/C34H36N8O3S/c1-20-14-21(2)30(22(3)15-20)42-28(16-27(40-42)34(4,5)6)39-31(44)38-24-17-35-32(36-18-24)45-25-11-9-23(10-12-25)26-19-37-33(46-26)41-13-7-8-29(41)43/h9-12,14-19H,7-8,13H2,1-6H3,(H2,38,39,44). The maximum atomic E-state index is 13.1. The van der Waals surface area contributed by atoms with Gasteiger partial charge in [-0.15, -0.1) is 0 Å². The lowest BCUT2D eigenvalue weighted by atomic mass is 9.92. The van der Waals surface area contributed by atoms with Crippen LogP contribution >= 0.6 is 11.3 Å². The average molecular weight is 637 g/mol. The molecule has 6 rings (SSSR count). The maximum absolute atomic E-state index is 13.1. The summed E-state index contributed by atoms with van der Waals surface area (Å²) in [5, 5.41) is 11.3. The minimum Gasteiger partial charge on any atom is -0.424 e. The van der Waals surface area contributed by atoms with Gasteiger partial charge >= 0.3 is 12.0 Å². The molecule has 3 aromatic heterocycles. The summed E-state index contributed by atoms with van der Waals surface area (Å²) in [5.74, 6) is 1.24. The molecule has 1 aliphatic rings. The minimum absolute atomic E-state index is 0.122. The van der Waals surface area contributed by atoms with Crippen molar-refractivity contribution in [1.29, 1.82) is 0 Å². The number of hydrogen-bond acceptors (Lipinski definition) is 8. The van der Waals surface area contributed by atoms with E-state index in [1.54, 1.807) is 15.8 Å². The first-order valence-electron chi connectivity index (χ1n) is 15.1. The van der Waals surface area contributed by atoms with Gasteiger partial charge in [0, 0.05) is 30.6 Å². The third kappa shape index (κ3) is 6.62. The topological polar surface area (TPSA) is 127 Å². The van der Waals surface area contributed by atoms with E-state index in [4.69, 9.17) is 9.84 Å². The van der Waals surface area contributed by atoms with Gasteiger partial charge in [-0.3, -0.25) is 15.0 Å². The number of nitrogens with one attached hydrogen (secondary N) is 2. The van der Waals surface area contributed by atoms with Gasteiger partial charge < -0.3 is 10.1 Å². The Morgan fingerprint density at radius 1 is 0.935 bits per heavy atom. The SMILES string of the molecule is Cc1cc(C)c(-n2nc(C(C)(C)C)cc2NC(=O)Nc2cnc(Oc3ccc(-c4cnc(N5CCCC5=O)s4)cc3)nc2)c(C)c1. The lowest BCUT2D eigenvalue weighted by Gasteiger charge is -2.16. The quantitative estimate of drug-likeness (QED) is 0.189. The molecule has 0 radical (unpaired) electrons. The van der Waals surface area contributed by atoms with Crippen molar-refractivity contribution in [3.8, 4) is 27.9 Å². The number of urea groups is 1. The summed E-state index contributed by atoms with van der Waals surface area (Å²) >= 11 is 1.49. The summed E-state index contributed by atoms with van der Waals surface area (Å²) in [6.45, 7) is 13.1. The summed E-state index contributed by atoms with van der Waals surface area (Å²) in [4.78, 5) is 40.8. The van der Waals surface area contributed by atoms with Gasteiger partial charge in [-0.1, -0.05) is 49.8 Å². The molecule has 2 aromatic carbocycles. The van der Waals surface area contributed by atoms with Crippen LogP contribution in [0.5, 0.6) is 11.8 Å². The van der Waals surface area contributed by atoms with Crippen molar-refractivity contribution in [2.75, 3.05) is 22.1 Å². The van der Waals surface area contributed by atoms with Crippen LogP contribution in [0.25, 0.3) is 16.1 Å². The number of nitrogens with zero attached hydrogens (tertiary/aromatic N) is 6. The lowest BCUT2D eigenvalue weighted by molar-refractivity contribution is -0.117. The van der Waals surface area contributed by atoms with Crippen LogP contribution in [0.1, 0.15) is 56.0 Å². The van der Waals surface area contributed by atoms with E-state index in [0.717, 1.165) is 51.0 Å². The lowest BCUT2D eigenvalue weighted by Crippen LogP contribution is -2.23. The van der Waals surface area contributed by atoms with E-state index in [9.17, 15) is 9.59 Å². The molecule has 0 bridgehead atoms. The molecule has 2 N–H and O–H groups in total. The Kier molecular flexibility index (Phi) is 8.30. The van der Waals surface area contributed by atoms with E-state index in [-0.39, 0.29) is 17.3 Å². The number of aryl methyl sites for hydroxylation is 3. The number of aromatic nitrogens is 5. The first kappa shape index (κ1) is 30.9. The second kappa shape index (κ2) is 12.4. The predicted molar refractivity (Wildman–Crippen MR) is 180 cm³/mol. The Morgan fingerprint density at radius 2 is 1.63 bits per heavy atom. The molecule has 4 heterocycles. The molecule has 0 aliphatic carbocycles. The van der Waals surface area contributed by atoms with Crippen molar-refractivity contribution in [2.24, 2.45) is 0 Å². The molecule has 5 aromatic rings. The normalized spacial score (nSPS) is 13.3. The first-order chi connectivity index (χ1) is 21.9. The van der Waals surface area contributed by atoms with Gasteiger partial charge in [0.1, 0.15) is 11.6 Å². The Balaban J connectivity index is 1.11. The number of carbonyl (C=O) groups is 2. The summed E-state index contributed by atoms with van der Waals surface area (Å²) in [6, 6.07) is 13.3. The van der Waals surface area contributed by atoms with E-state index < -0.39 is 6.03 Å².